The van der Waals surface area contributed by atoms with E-state index in [1.807, 2.05) is 35.4 Å². The Morgan fingerprint density at radius 3 is 2.28 bits per heavy atom. The van der Waals surface area contributed by atoms with Crippen molar-refractivity contribution in [1.29, 1.82) is 0 Å². The number of halogens is 3. The Morgan fingerprint density at radius 2 is 1.83 bits per heavy atom. The molecule has 0 aromatic heterocycles. The smallest absolute Gasteiger partial charge is 0.375 e. The Labute approximate surface area is 143 Å². The summed E-state index contributed by atoms with van der Waals surface area (Å²) in [5, 5.41) is 0.735. The van der Waals surface area contributed by atoms with Crippen LogP contribution in [0.2, 0.25) is 5.02 Å². The van der Waals surface area contributed by atoms with Crippen molar-refractivity contribution in [1.82, 2.24) is 0 Å². The molecule has 18 heavy (non-hydrogen) atoms. The fourth-order valence-electron chi connectivity index (χ4n) is 1.72. The van der Waals surface area contributed by atoms with E-state index in [4.69, 9.17) is 16.3 Å². The van der Waals surface area contributed by atoms with Crippen LogP contribution in [-0.2, 0) is 4.74 Å². The molecule has 0 fully saturated rings. The van der Waals surface area contributed by atoms with Gasteiger partial charge >= 0.3 is 5.90 Å². The third-order valence-corrected chi connectivity index (χ3v) is 3.96. The molecular formula is C13H14ClI2NO. The summed E-state index contributed by atoms with van der Waals surface area (Å²) in [6, 6.07) is 7.69. The Bertz CT molecular complexity index is 506. The number of hydrogen-bond acceptors (Lipinski definition) is 1. The van der Waals surface area contributed by atoms with E-state index in [-0.39, 0.29) is 29.5 Å². The maximum absolute atomic E-state index is 5.92. The minimum absolute atomic E-state index is 0. The van der Waals surface area contributed by atoms with Gasteiger partial charge in [-0.25, -0.2) is 0 Å². The van der Waals surface area contributed by atoms with E-state index >= 15 is 0 Å². The number of likely N-dealkylation sites (N-methyl/N-ethyl adjacent to an activating group) is 1. The monoisotopic (exact) mass is 489 g/mol. The van der Waals surface area contributed by atoms with Gasteiger partial charge in [-0.3, -0.25) is 0 Å². The molecule has 98 valence electrons. The van der Waals surface area contributed by atoms with Gasteiger partial charge in [0.05, 0.1) is 5.56 Å². The summed E-state index contributed by atoms with van der Waals surface area (Å²) in [6.45, 7) is 4.28. The van der Waals surface area contributed by atoms with Crippen LogP contribution in [0.4, 0.5) is 0 Å². The molecule has 1 aliphatic rings. The summed E-state index contributed by atoms with van der Waals surface area (Å²) < 4.78 is 10.0. The lowest BCUT2D eigenvalue weighted by molar-refractivity contribution is -0.556. The van der Waals surface area contributed by atoms with Crippen molar-refractivity contribution in [2.45, 2.75) is 19.4 Å². The van der Waals surface area contributed by atoms with Crippen LogP contribution < -0.4 is 24.0 Å². The lowest BCUT2D eigenvalue weighted by Gasteiger charge is -2.11. The Hall–Kier alpha value is 0.180. The predicted molar refractivity (Wildman–Crippen MR) is 79.0 cm³/mol. The molecule has 1 aromatic carbocycles. The zero-order valence-electron chi connectivity index (χ0n) is 10.4. The summed E-state index contributed by atoms with van der Waals surface area (Å²) in [7, 11) is 2.04. The molecule has 2 rings (SSSR count). The fraction of sp³-hybridized carbons (Fsp3) is 0.308. The quantitative estimate of drug-likeness (QED) is 0.421. The molecule has 1 heterocycles. The largest absolute Gasteiger partial charge is 1.00 e. The van der Waals surface area contributed by atoms with E-state index in [0.29, 0.717) is 0 Å². The first-order valence-electron chi connectivity index (χ1n) is 5.32. The van der Waals surface area contributed by atoms with E-state index in [2.05, 4.69) is 41.0 Å². The van der Waals surface area contributed by atoms with Crippen molar-refractivity contribution < 1.29 is 33.3 Å². The highest BCUT2D eigenvalue weighted by molar-refractivity contribution is 14.1. The zero-order valence-corrected chi connectivity index (χ0v) is 15.4. The molecule has 0 bridgehead atoms. The average Bonchev–Trinajstić information content (AvgIpc) is 2.52. The maximum Gasteiger partial charge on any atom is 0.375 e. The van der Waals surface area contributed by atoms with Crippen LogP contribution in [0.3, 0.4) is 0 Å². The molecule has 0 saturated carbocycles. The number of hydrogen-bond donors (Lipinski definition) is 0. The van der Waals surface area contributed by atoms with Crippen LogP contribution in [-0.4, -0.2) is 23.1 Å². The summed E-state index contributed by atoms with van der Waals surface area (Å²) in [4.78, 5) is 0. The van der Waals surface area contributed by atoms with Crippen molar-refractivity contribution in [2.75, 3.05) is 7.05 Å². The van der Waals surface area contributed by atoms with Gasteiger partial charge in [-0.15, -0.1) is 0 Å². The van der Waals surface area contributed by atoms with Gasteiger partial charge in [-0.2, -0.15) is 4.58 Å². The van der Waals surface area contributed by atoms with Crippen LogP contribution in [0.5, 0.6) is 0 Å². The maximum atomic E-state index is 5.92. The second-order valence-corrected chi connectivity index (χ2v) is 5.56. The second kappa shape index (κ2) is 6.09. The molecule has 1 aromatic rings. The van der Waals surface area contributed by atoms with E-state index < -0.39 is 0 Å². The zero-order chi connectivity index (χ0) is 12.6. The van der Waals surface area contributed by atoms with E-state index in [1.54, 1.807) is 0 Å². The van der Waals surface area contributed by atoms with Crippen molar-refractivity contribution >= 4 is 40.1 Å². The topological polar surface area (TPSA) is 12.2 Å². The van der Waals surface area contributed by atoms with Crippen molar-refractivity contribution in [3.05, 3.63) is 44.7 Å². The van der Waals surface area contributed by atoms with Crippen LogP contribution in [0, 0.1) is 0 Å². The number of rotatable bonds is 1. The molecule has 0 radical (unpaired) electrons. The summed E-state index contributed by atoms with van der Waals surface area (Å²) >= 11 is 8.10. The van der Waals surface area contributed by atoms with E-state index in [9.17, 15) is 0 Å². The number of benzene rings is 1. The molecule has 2 nitrogen and oxygen atoms in total. The standard InChI is InChI=1S/C13H14ClINO.HI/c1-13(2)11(8-15)17-12(16(13)3)9-4-6-10(14)7-5-9;/h4-8H,1-3H3;1H/q+1;/p-1/b11-8-;. The molecule has 0 unspecified atom stereocenters. The number of ether oxygens (including phenoxy) is 1. The first-order valence-corrected chi connectivity index (χ1v) is 6.94. The second-order valence-electron chi connectivity index (χ2n) is 4.51. The first-order chi connectivity index (χ1) is 7.96. The highest BCUT2D eigenvalue weighted by Crippen LogP contribution is 2.30. The van der Waals surface area contributed by atoms with Crippen LogP contribution in [0.1, 0.15) is 19.4 Å². The molecule has 0 atom stereocenters. The molecule has 0 amide bonds. The highest BCUT2D eigenvalue weighted by atomic mass is 127. The summed E-state index contributed by atoms with van der Waals surface area (Å²) in [6.07, 6.45) is 0. The van der Waals surface area contributed by atoms with Crippen LogP contribution >= 0.6 is 34.2 Å². The Morgan fingerprint density at radius 1 is 1.28 bits per heavy atom. The van der Waals surface area contributed by atoms with Gasteiger partial charge in [0.25, 0.3) is 0 Å². The van der Waals surface area contributed by atoms with Gasteiger partial charge < -0.3 is 28.7 Å². The molecule has 0 N–H and O–H groups in total. The SMILES string of the molecule is C[N+]1=C(c2ccc(Cl)cc2)O/C(=C\I)C1(C)C.[I-]. The Balaban J connectivity index is 0.00000162. The molecule has 5 heteroatoms. The van der Waals surface area contributed by atoms with Gasteiger partial charge in [0.1, 0.15) is 7.05 Å². The predicted octanol–water partition coefficient (Wildman–Crippen LogP) is 0.818. The molecular weight excluding hydrogens is 475 g/mol. The minimum atomic E-state index is -0.115. The third kappa shape index (κ3) is 2.85. The molecule has 1 aliphatic heterocycles. The van der Waals surface area contributed by atoms with Gasteiger partial charge in [0.2, 0.25) is 5.54 Å². The summed E-state index contributed by atoms with van der Waals surface area (Å²) in [5.41, 5.74) is 0.925. The van der Waals surface area contributed by atoms with Crippen molar-refractivity contribution in [3.63, 3.8) is 0 Å². The fourth-order valence-corrected chi connectivity index (χ4v) is 2.73. The van der Waals surface area contributed by atoms with E-state index in [0.717, 1.165) is 22.2 Å². The first kappa shape index (κ1) is 16.2. The minimum Gasteiger partial charge on any atom is -1.00 e. The normalized spacial score (nSPS) is 19.7. The molecule has 0 spiro atoms. The van der Waals surface area contributed by atoms with Gasteiger partial charge in [-0.05, 0) is 46.9 Å². The molecule has 0 saturated heterocycles. The van der Waals surface area contributed by atoms with Crippen molar-refractivity contribution in [2.24, 2.45) is 0 Å². The summed E-state index contributed by atoms with van der Waals surface area (Å²) in [5.74, 6) is 1.83. The van der Waals surface area contributed by atoms with Crippen LogP contribution in [0.25, 0.3) is 0 Å². The van der Waals surface area contributed by atoms with Crippen LogP contribution in [0.15, 0.2) is 34.1 Å². The molecule has 0 aliphatic carbocycles. The third-order valence-electron chi connectivity index (χ3n) is 3.14. The lowest BCUT2D eigenvalue weighted by atomic mass is 10.0. The average molecular weight is 490 g/mol. The van der Waals surface area contributed by atoms with Gasteiger partial charge in [0.15, 0.2) is 5.76 Å². The van der Waals surface area contributed by atoms with E-state index in [1.165, 1.54) is 0 Å². The van der Waals surface area contributed by atoms with Crippen molar-refractivity contribution in [3.8, 4) is 0 Å². The Kier molecular flexibility index (Phi) is 5.49. The lowest BCUT2D eigenvalue weighted by Crippen LogP contribution is -3.00. The van der Waals surface area contributed by atoms with Gasteiger partial charge in [0, 0.05) is 23.0 Å². The number of nitrogens with zero attached hydrogens (tertiary/aromatic N) is 1. The van der Waals surface area contributed by atoms with Gasteiger partial charge in [-0.1, -0.05) is 11.6 Å². The highest BCUT2D eigenvalue weighted by Gasteiger charge is 2.45.